The minimum absolute atomic E-state index is 0.605. The maximum absolute atomic E-state index is 5.44. The second-order valence-corrected chi connectivity index (χ2v) is 4.51. The van der Waals surface area contributed by atoms with Crippen LogP contribution in [-0.2, 0) is 4.74 Å². The second kappa shape index (κ2) is 5.95. The van der Waals surface area contributed by atoms with Gasteiger partial charge in [-0.15, -0.1) is 0 Å². The lowest BCUT2D eigenvalue weighted by Gasteiger charge is -2.25. The van der Waals surface area contributed by atoms with Crippen LogP contribution in [0.4, 0.5) is 0 Å². The van der Waals surface area contributed by atoms with Gasteiger partial charge >= 0.3 is 0 Å². The van der Waals surface area contributed by atoms with Crippen LogP contribution in [0.5, 0.6) is 0 Å². The highest BCUT2D eigenvalue weighted by molar-refractivity contribution is 5.79. The highest BCUT2D eigenvalue weighted by atomic mass is 16.5. The van der Waals surface area contributed by atoms with Gasteiger partial charge in [0.25, 0.3) is 0 Å². The Morgan fingerprint density at radius 3 is 2.40 bits per heavy atom. The van der Waals surface area contributed by atoms with Crippen molar-refractivity contribution in [3.8, 4) is 0 Å². The lowest BCUT2D eigenvalue weighted by molar-refractivity contribution is 0.0580. The monoisotopic (exact) mass is 213 g/mol. The van der Waals surface area contributed by atoms with Crippen molar-refractivity contribution in [3.05, 3.63) is 0 Å². The molecule has 0 aromatic heterocycles. The van der Waals surface area contributed by atoms with E-state index in [2.05, 4.69) is 4.99 Å². The van der Waals surface area contributed by atoms with E-state index in [-0.39, 0.29) is 0 Å². The quantitative estimate of drug-likeness (QED) is 0.504. The van der Waals surface area contributed by atoms with Gasteiger partial charge in [0.15, 0.2) is 5.96 Å². The van der Waals surface area contributed by atoms with Crippen molar-refractivity contribution in [2.75, 3.05) is 47.9 Å². The fourth-order valence-electron chi connectivity index (χ4n) is 1.84. The summed E-state index contributed by atoms with van der Waals surface area (Å²) < 4.78 is 5.44. The number of ether oxygens (including phenoxy) is 1. The molecular formula is C11H23N3O. The molecule has 4 heteroatoms. The van der Waals surface area contributed by atoms with Gasteiger partial charge in [-0.2, -0.15) is 0 Å². The topological polar surface area (TPSA) is 28.1 Å². The zero-order valence-electron chi connectivity index (χ0n) is 10.4. The van der Waals surface area contributed by atoms with E-state index < -0.39 is 0 Å². The molecule has 1 aliphatic rings. The van der Waals surface area contributed by atoms with E-state index in [1.807, 2.05) is 38.0 Å². The number of aliphatic imine (C=N–C) groups is 1. The number of guanidine groups is 1. The standard InChI is InChI=1S/C11H23N3O/c1-13(2)11(14(3)4)12-8-10-6-5-7-15-9-10/h10H,5-9H2,1-4H3. The molecule has 0 N–H and O–H groups in total. The molecule has 15 heavy (non-hydrogen) atoms. The number of hydrogen-bond acceptors (Lipinski definition) is 2. The molecule has 1 rings (SSSR count). The van der Waals surface area contributed by atoms with Crippen molar-refractivity contribution in [2.24, 2.45) is 10.9 Å². The van der Waals surface area contributed by atoms with Crippen LogP contribution in [0.1, 0.15) is 12.8 Å². The molecule has 0 aliphatic carbocycles. The Kier molecular flexibility index (Phi) is 4.88. The third-order valence-corrected chi connectivity index (χ3v) is 2.55. The van der Waals surface area contributed by atoms with Crippen molar-refractivity contribution in [3.63, 3.8) is 0 Å². The largest absolute Gasteiger partial charge is 0.381 e. The van der Waals surface area contributed by atoms with Crippen molar-refractivity contribution in [2.45, 2.75) is 12.8 Å². The second-order valence-electron chi connectivity index (χ2n) is 4.51. The van der Waals surface area contributed by atoms with Crippen LogP contribution in [0.3, 0.4) is 0 Å². The summed E-state index contributed by atoms with van der Waals surface area (Å²) in [6.07, 6.45) is 2.43. The van der Waals surface area contributed by atoms with Crippen LogP contribution < -0.4 is 0 Å². The molecule has 1 unspecified atom stereocenters. The molecule has 4 nitrogen and oxygen atoms in total. The Bertz CT molecular complexity index is 198. The first-order chi connectivity index (χ1) is 7.11. The fourth-order valence-corrected chi connectivity index (χ4v) is 1.84. The van der Waals surface area contributed by atoms with E-state index in [4.69, 9.17) is 4.74 Å². The Balaban J connectivity index is 2.44. The molecule has 0 radical (unpaired) electrons. The summed E-state index contributed by atoms with van der Waals surface area (Å²) in [5.74, 6) is 1.63. The Hall–Kier alpha value is -0.770. The average molecular weight is 213 g/mol. The maximum atomic E-state index is 5.44. The molecule has 0 aromatic rings. The maximum Gasteiger partial charge on any atom is 0.195 e. The average Bonchev–Trinajstić information content (AvgIpc) is 2.18. The molecular weight excluding hydrogens is 190 g/mol. The SMILES string of the molecule is CN(C)C(=NCC1CCCOC1)N(C)C. The van der Waals surface area contributed by atoms with Crippen LogP contribution in [0.2, 0.25) is 0 Å². The minimum Gasteiger partial charge on any atom is -0.381 e. The van der Waals surface area contributed by atoms with Crippen molar-refractivity contribution in [1.82, 2.24) is 9.80 Å². The predicted octanol–water partition coefficient (Wildman–Crippen LogP) is 0.892. The zero-order valence-corrected chi connectivity index (χ0v) is 10.4. The first kappa shape index (κ1) is 12.3. The predicted molar refractivity (Wildman–Crippen MR) is 63.2 cm³/mol. The third-order valence-electron chi connectivity index (χ3n) is 2.55. The summed E-state index contributed by atoms with van der Waals surface area (Å²) in [4.78, 5) is 8.73. The third kappa shape index (κ3) is 4.08. The van der Waals surface area contributed by atoms with Crippen molar-refractivity contribution >= 4 is 5.96 Å². The van der Waals surface area contributed by atoms with Crippen LogP contribution in [0.25, 0.3) is 0 Å². The summed E-state index contributed by atoms with van der Waals surface area (Å²) in [7, 11) is 8.10. The summed E-state index contributed by atoms with van der Waals surface area (Å²) in [6, 6.07) is 0. The highest BCUT2D eigenvalue weighted by Gasteiger charge is 2.14. The van der Waals surface area contributed by atoms with E-state index >= 15 is 0 Å². The summed E-state index contributed by atoms with van der Waals surface area (Å²) >= 11 is 0. The molecule has 0 amide bonds. The van der Waals surface area contributed by atoms with Crippen LogP contribution >= 0.6 is 0 Å². The Labute approximate surface area is 92.9 Å². The molecule has 0 saturated carbocycles. The van der Waals surface area contributed by atoms with Crippen molar-refractivity contribution in [1.29, 1.82) is 0 Å². The minimum atomic E-state index is 0.605. The fraction of sp³-hybridized carbons (Fsp3) is 0.909. The molecule has 88 valence electrons. The molecule has 1 fully saturated rings. The van der Waals surface area contributed by atoms with E-state index in [0.29, 0.717) is 5.92 Å². The first-order valence-corrected chi connectivity index (χ1v) is 5.58. The molecule has 1 aliphatic heterocycles. The number of nitrogens with zero attached hydrogens (tertiary/aromatic N) is 3. The van der Waals surface area contributed by atoms with E-state index in [9.17, 15) is 0 Å². The van der Waals surface area contributed by atoms with Gasteiger partial charge in [0.2, 0.25) is 0 Å². The van der Waals surface area contributed by atoms with Gasteiger partial charge in [0.1, 0.15) is 0 Å². The smallest absolute Gasteiger partial charge is 0.195 e. The lowest BCUT2D eigenvalue weighted by atomic mass is 10.0. The number of hydrogen-bond donors (Lipinski definition) is 0. The van der Waals surface area contributed by atoms with E-state index in [1.54, 1.807) is 0 Å². The van der Waals surface area contributed by atoms with Crippen LogP contribution in [0, 0.1) is 5.92 Å². The molecule has 0 spiro atoms. The van der Waals surface area contributed by atoms with Gasteiger partial charge in [0, 0.05) is 47.3 Å². The van der Waals surface area contributed by atoms with Crippen LogP contribution in [-0.4, -0.2) is 63.7 Å². The van der Waals surface area contributed by atoms with Gasteiger partial charge in [-0.3, -0.25) is 4.99 Å². The first-order valence-electron chi connectivity index (χ1n) is 5.58. The van der Waals surface area contributed by atoms with E-state index in [1.165, 1.54) is 12.8 Å². The normalized spacial score (nSPS) is 20.9. The van der Waals surface area contributed by atoms with Gasteiger partial charge in [-0.1, -0.05) is 0 Å². The highest BCUT2D eigenvalue weighted by Crippen LogP contribution is 2.13. The molecule has 0 bridgehead atoms. The molecule has 1 atom stereocenters. The van der Waals surface area contributed by atoms with Gasteiger partial charge in [0.05, 0.1) is 6.61 Å². The van der Waals surface area contributed by atoms with Crippen LogP contribution in [0.15, 0.2) is 4.99 Å². The van der Waals surface area contributed by atoms with E-state index in [0.717, 1.165) is 25.7 Å². The Morgan fingerprint density at radius 2 is 1.93 bits per heavy atom. The lowest BCUT2D eigenvalue weighted by Crippen LogP contribution is -2.36. The molecule has 0 aromatic carbocycles. The summed E-state index contributed by atoms with van der Waals surface area (Å²) in [6.45, 7) is 2.68. The summed E-state index contributed by atoms with van der Waals surface area (Å²) in [5, 5.41) is 0. The van der Waals surface area contributed by atoms with Gasteiger partial charge in [-0.05, 0) is 12.8 Å². The van der Waals surface area contributed by atoms with Gasteiger partial charge < -0.3 is 14.5 Å². The zero-order chi connectivity index (χ0) is 11.3. The molecule has 1 saturated heterocycles. The Morgan fingerprint density at radius 1 is 1.27 bits per heavy atom. The summed E-state index contributed by atoms with van der Waals surface area (Å²) in [5.41, 5.74) is 0. The number of rotatable bonds is 2. The molecule has 1 heterocycles. The van der Waals surface area contributed by atoms with Crippen molar-refractivity contribution < 1.29 is 4.74 Å². The van der Waals surface area contributed by atoms with Gasteiger partial charge in [-0.25, -0.2) is 0 Å².